The van der Waals surface area contributed by atoms with Gasteiger partial charge in [-0.2, -0.15) is 0 Å². The molecule has 0 unspecified atom stereocenters. The summed E-state index contributed by atoms with van der Waals surface area (Å²) in [6.07, 6.45) is 3.35. The SMILES string of the molecule is O=C(NCc1ccncc1)c1ccc(-c2cc(Cl)ccc2Cl)o1. The lowest BCUT2D eigenvalue weighted by Crippen LogP contribution is -2.22. The third kappa shape index (κ3) is 3.73. The Morgan fingerprint density at radius 2 is 1.87 bits per heavy atom. The second-order valence-electron chi connectivity index (χ2n) is 4.83. The van der Waals surface area contributed by atoms with Crippen molar-refractivity contribution in [1.82, 2.24) is 10.3 Å². The maximum absolute atomic E-state index is 12.1. The number of aromatic nitrogens is 1. The van der Waals surface area contributed by atoms with Crippen molar-refractivity contribution in [1.29, 1.82) is 0 Å². The molecule has 0 radical (unpaired) electrons. The van der Waals surface area contributed by atoms with Gasteiger partial charge in [0, 0.05) is 29.5 Å². The topological polar surface area (TPSA) is 55.1 Å². The van der Waals surface area contributed by atoms with Crippen molar-refractivity contribution in [3.8, 4) is 11.3 Å². The van der Waals surface area contributed by atoms with Crippen LogP contribution in [0.1, 0.15) is 16.1 Å². The number of furan rings is 1. The minimum atomic E-state index is -0.300. The summed E-state index contributed by atoms with van der Waals surface area (Å²) < 4.78 is 5.59. The molecule has 3 aromatic rings. The highest BCUT2D eigenvalue weighted by atomic mass is 35.5. The molecule has 0 spiro atoms. The average molecular weight is 347 g/mol. The summed E-state index contributed by atoms with van der Waals surface area (Å²) >= 11 is 12.1. The number of hydrogen-bond donors (Lipinski definition) is 1. The number of rotatable bonds is 4. The van der Waals surface area contributed by atoms with E-state index in [0.717, 1.165) is 5.56 Å². The standard InChI is InChI=1S/C17H12Cl2N2O2/c18-12-1-2-14(19)13(9-12)15-3-4-16(23-15)17(22)21-10-11-5-7-20-8-6-11/h1-9H,10H2,(H,21,22). The molecule has 2 heterocycles. The summed E-state index contributed by atoms with van der Waals surface area (Å²) in [5.41, 5.74) is 1.60. The van der Waals surface area contributed by atoms with Gasteiger partial charge in [0.05, 0.1) is 5.02 Å². The van der Waals surface area contributed by atoms with Gasteiger partial charge in [0.2, 0.25) is 0 Å². The van der Waals surface area contributed by atoms with E-state index in [0.29, 0.717) is 27.9 Å². The monoisotopic (exact) mass is 346 g/mol. The average Bonchev–Trinajstić information content (AvgIpc) is 3.06. The molecule has 0 aliphatic carbocycles. The van der Waals surface area contributed by atoms with Crippen molar-refractivity contribution in [3.05, 3.63) is 76.2 Å². The molecule has 0 saturated carbocycles. The van der Waals surface area contributed by atoms with E-state index in [1.165, 1.54) is 0 Å². The summed E-state index contributed by atoms with van der Waals surface area (Å²) in [4.78, 5) is 16.1. The highest BCUT2D eigenvalue weighted by Gasteiger charge is 2.14. The number of amides is 1. The summed E-state index contributed by atoms with van der Waals surface area (Å²) in [6, 6.07) is 12.0. The van der Waals surface area contributed by atoms with E-state index in [-0.39, 0.29) is 11.7 Å². The van der Waals surface area contributed by atoms with Crippen LogP contribution >= 0.6 is 23.2 Å². The van der Waals surface area contributed by atoms with Crippen molar-refractivity contribution in [2.75, 3.05) is 0 Å². The second kappa shape index (κ2) is 6.86. The number of halogens is 2. The van der Waals surface area contributed by atoms with Crippen molar-refractivity contribution in [2.45, 2.75) is 6.54 Å². The van der Waals surface area contributed by atoms with Crippen molar-refractivity contribution >= 4 is 29.1 Å². The minimum Gasteiger partial charge on any atom is -0.451 e. The molecular weight excluding hydrogens is 335 g/mol. The molecule has 6 heteroatoms. The Bertz CT molecular complexity index is 832. The number of pyridine rings is 1. The summed E-state index contributed by atoms with van der Waals surface area (Å²) in [7, 11) is 0. The molecule has 0 bridgehead atoms. The van der Waals surface area contributed by atoms with Crippen LogP contribution in [0.4, 0.5) is 0 Å². The molecule has 0 saturated heterocycles. The summed E-state index contributed by atoms with van der Waals surface area (Å²) in [5.74, 6) is 0.405. The first-order valence-corrected chi connectivity index (χ1v) is 7.61. The first-order valence-electron chi connectivity index (χ1n) is 6.86. The van der Waals surface area contributed by atoms with E-state index < -0.39 is 0 Å². The molecule has 1 aromatic carbocycles. The molecule has 23 heavy (non-hydrogen) atoms. The molecule has 116 valence electrons. The molecule has 1 amide bonds. The maximum atomic E-state index is 12.1. The third-order valence-electron chi connectivity index (χ3n) is 3.23. The van der Waals surface area contributed by atoms with Crippen LogP contribution in [0.2, 0.25) is 10.0 Å². The predicted octanol–water partition coefficient (Wildman–Crippen LogP) is 4.58. The highest BCUT2D eigenvalue weighted by Crippen LogP contribution is 2.31. The lowest BCUT2D eigenvalue weighted by molar-refractivity contribution is 0.0924. The number of hydrogen-bond acceptors (Lipinski definition) is 3. The molecule has 0 fully saturated rings. The fourth-order valence-corrected chi connectivity index (χ4v) is 2.44. The number of nitrogens with zero attached hydrogens (tertiary/aromatic N) is 1. The summed E-state index contributed by atoms with van der Waals surface area (Å²) in [6.45, 7) is 0.398. The van der Waals surface area contributed by atoms with E-state index in [9.17, 15) is 4.79 Å². The molecule has 0 atom stereocenters. The van der Waals surface area contributed by atoms with Crippen LogP contribution in [0, 0.1) is 0 Å². The Hall–Kier alpha value is -2.30. The lowest BCUT2D eigenvalue weighted by Gasteiger charge is -2.03. The van der Waals surface area contributed by atoms with E-state index in [4.69, 9.17) is 27.6 Å². The highest BCUT2D eigenvalue weighted by molar-refractivity contribution is 6.35. The van der Waals surface area contributed by atoms with E-state index >= 15 is 0 Å². The normalized spacial score (nSPS) is 10.5. The van der Waals surface area contributed by atoms with Gasteiger partial charge < -0.3 is 9.73 Å². The number of carbonyl (C=O) groups is 1. The van der Waals surface area contributed by atoms with Gasteiger partial charge in [-0.15, -0.1) is 0 Å². The Morgan fingerprint density at radius 3 is 2.65 bits per heavy atom. The van der Waals surface area contributed by atoms with Crippen LogP contribution in [0.25, 0.3) is 11.3 Å². The van der Waals surface area contributed by atoms with Crippen molar-refractivity contribution in [2.24, 2.45) is 0 Å². The maximum Gasteiger partial charge on any atom is 0.287 e. The van der Waals surface area contributed by atoms with Crippen LogP contribution in [0.3, 0.4) is 0 Å². The molecular formula is C17H12Cl2N2O2. The fraction of sp³-hybridized carbons (Fsp3) is 0.0588. The molecule has 1 N–H and O–H groups in total. The predicted molar refractivity (Wildman–Crippen MR) is 89.6 cm³/mol. The van der Waals surface area contributed by atoms with Crippen LogP contribution < -0.4 is 5.32 Å². The Labute approximate surface area is 143 Å². The van der Waals surface area contributed by atoms with E-state index in [1.54, 1.807) is 42.7 Å². The molecule has 0 aliphatic heterocycles. The Kier molecular flexibility index (Phi) is 4.65. The fourth-order valence-electron chi connectivity index (χ4n) is 2.06. The van der Waals surface area contributed by atoms with Gasteiger partial charge in [-0.25, -0.2) is 0 Å². The van der Waals surface area contributed by atoms with Gasteiger partial charge in [0.25, 0.3) is 5.91 Å². The Morgan fingerprint density at radius 1 is 1.09 bits per heavy atom. The Balaban J connectivity index is 1.74. The van der Waals surface area contributed by atoms with Crippen molar-refractivity contribution < 1.29 is 9.21 Å². The minimum absolute atomic E-state index is 0.213. The third-order valence-corrected chi connectivity index (χ3v) is 3.79. The first kappa shape index (κ1) is 15.6. The lowest BCUT2D eigenvalue weighted by atomic mass is 10.2. The first-order chi connectivity index (χ1) is 11.1. The van der Waals surface area contributed by atoms with E-state index in [2.05, 4.69) is 10.3 Å². The molecule has 0 aliphatic rings. The van der Waals surface area contributed by atoms with Gasteiger partial charge in [-0.05, 0) is 48.0 Å². The van der Waals surface area contributed by atoms with Crippen LogP contribution in [-0.2, 0) is 6.54 Å². The van der Waals surface area contributed by atoms with Gasteiger partial charge in [0.1, 0.15) is 5.76 Å². The zero-order valence-electron chi connectivity index (χ0n) is 11.9. The van der Waals surface area contributed by atoms with Crippen LogP contribution in [0.5, 0.6) is 0 Å². The van der Waals surface area contributed by atoms with Gasteiger partial charge >= 0.3 is 0 Å². The zero-order chi connectivity index (χ0) is 16.2. The molecule has 3 rings (SSSR count). The molecule has 2 aromatic heterocycles. The smallest absolute Gasteiger partial charge is 0.287 e. The quantitative estimate of drug-likeness (QED) is 0.752. The zero-order valence-corrected chi connectivity index (χ0v) is 13.4. The van der Waals surface area contributed by atoms with Gasteiger partial charge in [-0.3, -0.25) is 9.78 Å². The largest absolute Gasteiger partial charge is 0.451 e. The molecule has 4 nitrogen and oxygen atoms in total. The van der Waals surface area contributed by atoms with Crippen molar-refractivity contribution in [3.63, 3.8) is 0 Å². The number of benzene rings is 1. The van der Waals surface area contributed by atoms with Gasteiger partial charge in [0.15, 0.2) is 5.76 Å². The summed E-state index contributed by atoms with van der Waals surface area (Å²) in [5, 5.41) is 3.84. The number of carbonyl (C=O) groups excluding carboxylic acids is 1. The van der Waals surface area contributed by atoms with Gasteiger partial charge in [-0.1, -0.05) is 23.2 Å². The van der Waals surface area contributed by atoms with Crippen LogP contribution in [0.15, 0.2) is 59.3 Å². The van der Waals surface area contributed by atoms with E-state index in [1.807, 2.05) is 12.1 Å². The second-order valence-corrected chi connectivity index (χ2v) is 5.67. The number of nitrogens with one attached hydrogen (secondary N) is 1. The van der Waals surface area contributed by atoms with Crippen LogP contribution in [-0.4, -0.2) is 10.9 Å².